The number of carboxylic acids is 2. The van der Waals surface area contributed by atoms with Gasteiger partial charge in [0.25, 0.3) is 0 Å². The normalized spacial score (nSPS) is 11.2. The van der Waals surface area contributed by atoms with Crippen molar-refractivity contribution in [3.8, 4) is 0 Å². The largest absolute Gasteiger partial charge is 0.480 e. The first-order chi connectivity index (χ1) is 7.95. The summed E-state index contributed by atoms with van der Waals surface area (Å²) in [7, 11) is 0. The van der Waals surface area contributed by atoms with Gasteiger partial charge >= 0.3 is 11.9 Å². The van der Waals surface area contributed by atoms with Gasteiger partial charge in [-0.2, -0.15) is 0 Å². The Hall–Kier alpha value is -1.84. The van der Waals surface area contributed by atoms with Gasteiger partial charge in [0, 0.05) is 0 Å². The number of benzene rings is 1. The topological polar surface area (TPSA) is 74.6 Å². The fourth-order valence-corrected chi connectivity index (χ4v) is 1.98. The second-order valence-corrected chi connectivity index (χ2v) is 4.14. The Kier molecular flexibility index (Phi) is 3.89. The molecule has 0 heterocycles. The Morgan fingerprint density at radius 2 is 1.82 bits per heavy atom. The van der Waals surface area contributed by atoms with Crippen LogP contribution in [0, 0.1) is 6.92 Å². The van der Waals surface area contributed by atoms with Crippen LogP contribution in [0.15, 0.2) is 24.3 Å². The summed E-state index contributed by atoms with van der Waals surface area (Å²) in [5.74, 6) is -2.62. The fraction of sp³-hybridized carbons (Fsp3) is 0.385. The van der Waals surface area contributed by atoms with Crippen LogP contribution in [0.25, 0.3) is 0 Å². The van der Waals surface area contributed by atoms with E-state index in [1.165, 1.54) is 0 Å². The predicted octanol–water partition coefficient (Wildman–Crippen LogP) is 2.20. The van der Waals surface area contributed by atoms with Gasteiger partial charge in [-0.1, -0.05) is 43.2 Å². The van der Waals surface area contributed by atoms with Crippen LogP contribution < -0.4 is 0 Å². The standard InChI is InChI=1S/C13H16O4/c1-3-7-13(11(14)15,12(16)17)10-6-4-5-9(2)8-10/h4-6,8H,3,7H2,1-2H3,(H,14,15)(H,16,17). The summed E-state index contributed by atoms with van der Waals surface area (Å²) in [4.78, 5) is 22.8. The monoisotopic (exact) mass is 236 g/mol. The SMILES string of the molecule is CCCC(C(=O)O)(C(=O)O)c1cccc(C)c1. The first kappa shape index (κ1) is 13.2. The van der Waals surface area contributed by atoms with E-state index in [0.29, 0.717) is 12.0 Å². The van der Waals surface area contributed by atoms with Gasteiger partial charge in [0.2, 0.25) is 0 Å². The van der Waals surface area contributed by atoms with Gasteiger partial charge in [0.1, 0.15) is 0 Å². The lowest BCUT2D eigenvalue weighted by Gasteiger charge is -2.25. The molecule has 4 nitrogen and oxygen atoms in total. The van der Waals surface area contributed by atoms with Gasteiger partial charge in [-0.3, -0.25) is 9.59 Å². The Morgan fingerprint density at radius 1 is 1.24 bits per heavy atom. The van der Waals surface area contributed by atoms with E-state index in [0.717, 1.165) is 5.56 Å². The fourth-order valence-electron chi connectivity index (χ4n) is 1.98. The number of aryl methyl sites for hydroxylation is 1. The van der Waals surface area contributed by atoms with Crippen molar-refractivity contribution in [3.63, 3.8) is 0 Å². The first-order valence-electron chi connectivity index (χ1n) is 5.49. The highest BCUT2D eigenvalue weighted by atomic mass is 16.4. The van der Waals surface area contributed by atoms with Crippen molar-refractivity contribution >= 4 is 11.9 Å². The molecule has 1 aromatic carbocycles. The average Bonchev–Trinajstić information content (AvgIpc) is 2.24. The van der Waals surface area contributed by atoms with Crippen LogP contribution in [0.3, 0.4) is 0 Å². The minimum atomic E-state index is -1.83. The molecule has 0 bridgehead atoms. The Labute approximate surface area is 99.9 Å². The van der Waals surface area contributed by atoms with Crippen molar-refractivity contribution in [2.75, 3.05) is 0 Å². The summed E-state index contributed by atoms with van der Waals surface area (Å²) in [5, 5.41) is 18.6. The van der Waals surface area contributed by atoms with Crippen molar-refractivity contribution in [2.24, 2.45) is 0 Å². The van der Waals surface area contributed by atoms with Crippen LogP contribution in [0.5, 0.6) is 0 Å². The van der Waals surface area contributed by atoms with E-state index in [-0.39, 0.29) is 6.42 Å². The molecule has 0 saturated heterocycles. The number of rotatable bonds is 5. The maximum absolute atomic E-state index is 11.4. The van der Waals surface area contributed by atoms with Gasteiger partial charge in [-0.05, 0) is 18.9 Å². The molecule has 0 unspecified atom stereocenters. The van der Waals surface area contributed by atoms with Crippen LogP contribution in [0.1, 0.15) is 30.9 Å². The lowest BCUT2D eigenvalue weighted by molar-refractivity contribution is -0.158. The molecule has 0 aliphatic heterocycles. The number of aliphatic carboxylic acids is 2. The molecule has 0 aromatic heterocycles. The molecule has 2 N–H and O–H groups in total. The second-order valence-electron chi connectivity index (χ2n) is 4.14. The van der Waals surface area contributed by atoms with E-state index in [4.69, 9.17) is 0 Å². The smallest absolute Gasteiger partial charge is 0.325 e. The highest BCUT2D eigenvalue weighted by Gasteiger charge is 2.47. The predicted molar refractivity (Wildman–Crippen MR) is 63.0 cm³/mol. The number of hydrogen-bond donors (Lipinski definition) is 2. The maximum Gasteiger partial charge on any atom is 0.325 e. The van der Waals surface area contributed by atoms with Crippen LogP contribution in [-0.2, 0) is 15.0 Å². The molecule has 0 aliphatic rings. The third-order valence-electron chi connectivity index (χ3n) is 2.87. The maximum atomic E-state index is 11.4. The molecule has 0 radical (unpaired) electrons. The van der Waals surface area contributed by atoms with E-state index in [2.05, 4.69) is 0 Å². The molecule has 17 heavy (non-hydrogen) atoms. The zero-order valence-electron chi connectivity index (χ0n) is 9.93. The summed E-state index contributed by atoms with van der Waals surface area (Å²) in [6.07, 6.45) is 0.577. The van der Waals surface area contributed by atoms with Crippen LogP contribution >= 0.6 is 0 Å². The van der Waals surface area contributed by atoms with Crippen LogP contribution in [0.4, 0.5) is 0 Å². The molecule has 0 aliphatic carbocycles. The molecule has 1 aromatic rings. The third kappa shape index (κ3) is 2.30. The van der Waals surface area contributed by atoms with E-state index in [9.17, 15) is 19.8 Å². The summed E-state index contributed by atoms with van der Waals surface area (Å²) in [6.45, 7) is 3.58. The molecule has 0 saturated carbocycles. The first-order valence-corrected chi connectivity index (χ1v) is 5.49. The van der Waals surface area contributed by atoms with Crippen molar-refractivity contribution in [3.05, 3.63) is 35.4 Å². The van der Waals surface area contributed by atoms with Crippen molar-refractivity contribution in [2.45, 2.75) is 32.1 Å². The third-order valence-corrected chi connectivity index (χ3v) is 2.87. The summed E-state index contributed by atoms with van der Waals surface area (Å²) in [6, 6.07) is 6.67. The lowest BCUT2D eigenvalue weighted by Crippen LogP contribution is -2.43. The minimum Gasteiger partial charge on any atom is -0.480 e. The summed E-state index contributed by atoms with van der Waals surface area (Å²) in [5.41, 5.74) is -0.648. The van der Waals surface area contributed by atoms with Gasteiger partial charge < -0.3 is 10.2 Å². The molecule has 0 spiro atoms. The second kappa shape index (κ2) is 4.99. The lowest BCUT2D eigenvalue weighted by atomic mass is 9.76. The number of hydrogen-bond acceptors (Lipinski definition) is 2. The van der Waals surface area contributed by atoms with E-state index in [1.807, 2.05) is 13.0 Å². The van der Waals surface area contributed by atoms with E-state index >= 15 is 0 Å². The Bertz CT molecular complexity index is 423. The van der Waals surface area contributed by atoms with E-state index in [1.54, 1.807) is 25.1 Å². The van der Waals surface area contributed by atoms with Crippen molar-refractivity contribution < 1.29 is 19.8 Å². The quantitative estimate of drug-likeness (QED) is 0.768. The number of carbonyl (C=O) groups is 2. The van der Waals surface area contributed by atoms with Crippen LogP contribution in [0.2, 0.25) is 0 Å². The molecule has 1 rings (SSSR count). The van der Waals surface area contributed by atoms with Gasteiger partial charge in [0.15, 0.2) is 5.41 Å². The Balaban J connectivity index is 3.41. The highest BCUT2D eigenvalue weighted by Crippen LogP contribution is 2.31. The zero-order chi connectivity index (χ0) is 13.1. The molecular weight excluding hydrogens is 220 g/mol. The highest BCUT2D eigenvalue weighted by molar-refractivity contribution is 6.04. The van der Waals surface area contributed by atoms with Crippen molar-refractivity contribution in [1.82, 2.24) is 0 Å². The molecule has 92 valence electrons. The molecular formula is C13H16O4. The van der Waals surface area contributed by atoms with E-state index < -0.39 is 17.4 Å². The van der Waals surface area contributed by atoms with Gasteiger partial charge in [-0.15, -0.1) is 0 Å². The summed E-state index contributed by atoms with van der Waals surface area (Å²) >= 11 is 0. The van der Waals surface area contributed by atoms with Gasteiger partial charge in [-0.25, -0.2) is 0 Å². The van der Waals surface area contributed by atoms with Crippen LogP contribution in [-0.4, -0.2) is 22.2 Å². The van der Waals surface area contributed by atoms with Gasteiger partial charge in [0.05, 0.1) is 0 Å². The minimum absolute atomic E-state index is 0.0844. The molecule has 0 fully saturated rings. The molecule has 4 heteroatoms. The Morgan fingerprint density at radius 3 is 2.24 bits per heavy atom. The molecule has 0 amide bonds. The van der Waals surface area contributed by atoms with Crippen molar-refractivity contribution in [1.29, 1.82) is 0 Å². The average molecular weight is 236 g/mol. The zero-order valence-corrected chi connectivity index (χ0v) is 9.93. The summed E-state index contributed by atoms with van der Waals surface area (Å²) < 4.78 is 0. The number of carboxylic acid groups (broad SMARTS) is 2. The molecule has 0 atom stereocenters.